The summed E-state index contributed by atoms with van der Waals surface area (Å²) in [7, 11) is -3.11. The Morgan fingerprint density at radius 2 is 1.82 bits per heavy atom. The summed E-state index contributed by atoms with van der Waals surface area (Å²) in [5.74, 6) is 0.0964. The van der Waals surface area contributed by atoms with Gasteiger partial charge in [-0.15, -0.1) is 0 Å². The van der Waals surface area contributed by atoms with Gasteiger partial charge in [0.25, 0.3) is 0 Å². The molecule has 0 bridgehead atoms. The molecule has 1 rings (SSSR count). The van der Waals surface area contributed by atoms with E-state index in [0.29, 0.717) is 39.1 Å². The SMILES string of the molecule is CCNCCC(=O)N1CCN(S(C)(=O)=O)CC1. The number of sulfonamides is 1. The average Bonchev–Trinajstić information content (AvgIpc) is 2.28. The highest BCUT2D eigenvalue weighted by Gasteiger charge is 2.25. The first kappa shape index (κ1) is 14.4. The van der Waals surface area contributed by atoms with E-state index in [9.17, 15) is 13.2 Å². The van der Waals surface area contributed by atoms with Crippen LogP contribution in [0.4, 0.5) is 0 Å². The Labute approximate surface area is 103 Å². The van der Waals surface area contributed by atoms with Crippen LogP contribution < -0.4 is 5.32 Å². The molecule has 6 nitrogen and oxygen atoms in total. The van der Waals surface area contributed by atoms with E-state index >= 15 is 0 Å². The zero-order valence-corrected chi connectivity index (χ0v) is 11.3. The van der Waals surface area contributed by atoms with Crippen LogP contribution in [-0.4, -0.2) is 69.1 Å². The minimum absolute atomic E-state index is 0.0964. The number of rotatable bonds is 5. The average molecular weight is 263 g/mol. The number of carbonyl (C=O) groups is 1. The highest BCUT2D eigenvalue weighted by atomic mass is 32.2. The molecular formula is C10H21N3O3S. The lowest BCUT2D eigenvalue weighted by Crippen LogP contribution is -2.50. The van der Waals surface area contributed by atoms with Crippen molar-refractivity contribution in [3.63, 3.8) is 0 Å². The van der Waals surface area contributed by atoms with E-state index in [2.05, 4.69) is 5.32 Å². The van der Waals surface area contributed by atoms with Crippen molar-refractivity contribution >= 4 is 15.9 Å². The van der Waals surface area contributed by atoms with E-state index in [1.165, 1.54) is 10.6 Å². The van der Waals surface area contributed by atoms with Crippen molar-refractivity contribution < 1.29 is 13.2 Å². The van der Waals surface area contributed by atoms with Gasteiger partial charge in [0.1, 0.15) is 0 Å². The molecule has 1 aliphatic heterocycles. The molecule has 0 aromatic rings. The fraction of sp³-hybridized carbons (Fsp3) is 0.900. The molecule has 17 heavy (non-hydrogen) atoms. The monoisotopic (exact) mass is 263 g/mol. The van der Waals surface area contributed by atoms with Gasteiger partial charge < -0.3 is 10.2 Å². The van der Waals surface area contributed by atoms with Crippen LogP contribution in [0.3, 0.4) is 0 Å². The van der Waals surface area contributed by atoms with E-state index in [0.717, 1.165) is 6.54 Å². The van der Waals surface area contributed by atoms with E-state index in [1.807, 2.05) is 6.92 Å². The lowest BCUT2D eigenvalue weighted by atomic mass is 10.3. The summed E-state index contributed by atoms with van der Waals surface area (Å²) in [6, 6.07) is 0. The first-order chi connectivity index (χ1) is 7.95. The number of hydrogen-bond donors (Lipinski definition) is 1. The number of hydrogen-bond acceptors (Lipinski definition) is 4. The predicted octanol–water partition coefficient (Wildman–Crippen LogP) is -0.910. The Hall–Kier alpha value is -0.660. The van der Waals surface area contributed by atoms with Crippen LogP contribution in [0.1, 0.15) is 13.3 Å². The standard InChI is InChI=1S/C10H21N3O3S/c1-3-11-5-4-10(14)12-6-8-13(9-7-12)17(2,15)16/h11H,3-9H2,1-2H3. The predicted molar refractivity (Wildman–Crippen MR) is 66.2 cm³/mol. The second-order valence-electron chi connectivity index (χ2n) is 4.15. The molecule has 0 atom stereocenters. The van der Waals surface area contributed by atoms with E-state index in [4.69, 9.17) is 0 Å². The Balaban J connectivity index is 2.34. The summed E-state index contributed by atoms with van der Waals surface area (Å²) >= 11 is 0. The minimum atomic E-state index is -3.11. The summed E-state index contributed by atoms with van der Waals surface area (Å²) in [5, 5.41) is 3.10. The molecule has 0 unspecified atom stereocenters. The van der Waals surface area contributed by atoms with Crippen molar-refractivity contribution in [2.75, 3.05) is 45.5 Å². The molecular weight excluding hydrogens is 242 g/mol. The highest BCUT2D eigenvalue weighted by Crippen LogP contribution is 2.06. The number of amides is 1. The lowest BCUT2D eigenvalue weighted by Gasteiger charge is -2.33. The Bertz CT molecular complexity index is 348. The van der Waals surface area contributed by atoms with Gasteiger partial charge in [-0.05, 0) is 6.54 Å². The Kier molecular flexibility index (Phi) is 5.35. The smallest absolute Gasteiger partial charge is 0.223 e. The molecule has 100 valence electrons. The Morgan fingerprint density at radius 1 is 1.24 bits per heavy atom. The van der Waals surface area contributed by atoms with Crippen LogP contribution >= 0.6 is 0 Å². The van der Waals surface area contributed by atoms with E-state index < -0.39 is 10.0 Å². The first-order valence-electron chi connectivity index (χ1n) is 5.88. The Morgan fingerprint density at radius 3 is 2.29 bits per heavy atom. The maximum absolute atomic E-state index is 11.7. The van der Waals surface area contributed by atoms with Crippen molar-refractivity contribution in [2.24, 2.45) is 0 Å². The van der Waals surface area contributed by atoms with E-state index in [1.54, 1.807) is 4.90 Å². The zero-order chi connectivity index (χ0) is 12.9. The third-order valence-electron chi connectivity index (χ3n) is 2.83. The van der Waals surface area contributed by atoms with Crippen LogP contribution in [0.25, 0.3) is 0 Å². The van der Waals surface area contributed by atoms with Gasteiger partial charge in [0.05, 0.1) is 6.26 Å². The van der Waals surface area contributed by atoms with Gasteiger partial charge >= 0.3 is 0 Å². The van der Waals surface area contributed by atoms with Gasteiger partial charge in [0.2, 0.25) is 15.9 Å². The summed E-state index contributed by atoms with van der Waals surface area (Å²) in [6.45, 7) is 5.35. The molecule has 0 saturated carbocycles. The lowest BCUT2D eigenvalue weighted by molar-refractivity contribution is -0.132. The maximum atomic E-state index is 11.7. The fourth-order valence-corrected chi connectivity index (χ4v) is 2.63. The minimum Gasteiger partial charge on any atom is -0.340 e. The summed E-state index contributed by atoms with van der Waals surface area (Å²) in [4.78, 5) is 13.5. The molecule has 1 N–H and O–H groups in total. The maximum Gasteiger partial charge on any atom is 0.223 e. The van der Waals surface area contributed by atoms with Crippen molar-refractivity contribution in [3.8, 4) is 0 Å². The third kappa shape index (κ3) is 4.61. The second-order valence-corrected chi connectivity index (χ2v) is 6.13. The molecule has 0 aromatic heterocycles. The van der Waals surface area contributed by atoms with Crippen molar-refractivity contribution in [1.29, 1.82) is 0 Å². The van der Waals surface area contributed by atoms with Crippen LogP contribution in [-0.2, 0) is 14.8 Å². The molecule has 0 aliphatic carbocycles. The topological polar surface area (TPSA) is 69.7 Å². The molecule has 1 saturated heterocycles. The van der Waals surface area contributed by atoms with Crippen LogP contribution in [0.2, 0.25) is 0 Å². The van der Waals surface area contributed by atoms with Gasteiger partial charge in [0.15, 0.2) is 0 Å². The van der Waals surface area contributed by atoms with Gasteiger partial charge in [0, 0.05) is 39.1 Å². The molecule has 7 heteroatoms. The van der Waals surface area contributed by atoms with Crippen LogP contribution in [0.5, 0.6) is 0 Å². The number of nitrogens with one attached hydrogen (secondary N) is 1. The normalized spacial score (nSPS) is 18.4. The fourth-order valence-electron chi connectivity index (χ4n) is 1.80. The summed E-state index contributed by atoms with van der Waals surface area (Å²) < 4.78 is 24.0. The van der Waals surface area contributed by atoms with Crippen molar-refractivity contribution in [3.05, 3.63) is 0 Å². The molecule has 1 fully saturated rings. The quantitative estimate of drug-likeness (QED) is 0.652. The number of carbonyl (C=O) groups excluding carboxylic acids is 1. The van der Waals surface area contributed by atoms with E-state index in [-0.39, 0.29) is 5.91 Å². The van der Waals surface area contributed by atoms with Crippen molar-refractivity contribution in [2.45, 2.75) is 13.3 Å². The third-order valence-corrected chi connectivity index (χ3v) is 4.13. The van der Waals surface area contributed by atoms with Gasteiger partial charge in [-0.25, -0.2) is 8.42 Å². The molecule has 1 heterocycles. The van der Waals surface area contributed by atoms with Crippen molar-refractivity contribution in [1.82, 2.24) is 14.5 Å². The number of nitrogens with zero attached hydrogens (tertiary/aromatic N) is 2. The molecule has 0 spiro atoms. The highest BCUT2D eigenvalue weighted by molar-refractivity contribution is 7.88. The van der Waals surface area contributed by atoms with Crippen LogP contribution in [0.15, 0.2) is 0 Å². The van der Waals surface area contributed by atoms with Gasteiger partial charge in [-0.3, -0.25) is 4.79 Å². The van der Waals surface area contributed by atoms with Gasteiger partial charge in [-0.2, -0.15) is 4.31 Å². The summed E-state index contributed by atoms with van der Waals surface area (Å²) in [6.07, 6.45) is 1.68. The zero-order valence-electron chi connectivity index (χ0n) is 10.5. The molecule has 0 radical (unpaired) electrons. The molecule has 1 aliphatic rings. The molecule has 0 aromatic carbocycles. The van der Waals surface area contributed by atoms with Crippen LogP contribution in [0, 0.1) is 0 Å². The number of piperazine rings is 1. The largest absolute Gasteiger partial charge is 0.340 e. The first-order valence-corrected chi connectivity index (χ1v) is 7.73. The van der Waals surface area contributed by atoms with Gasteiger partial charge in [-0.1, -0.05) is 6.92 Å². The second kappa shape index (κ2) is 6.32. The molecule has 1 amide bonds. The summed E-state index contributed by atoms with van der Waals surface area (Å²) in [5.41, 5.74) is 0.